The number of halogens is 2. The average Bonchev–Trinajstić information content (AvgIpc) is 3.37. The molecule has 5 rings (SSSR count). The molecule has 4 aromatic rings. The lowest BCUT2D eigenvalue weighted by molar-refractivity contribution is -0.139. The number of anilines is 1. The van der Waals surface area contributed by atoms with E-state index in [1.807, 2.05) is 86.6 Å². The Bertz CT molecular complexity index is 1540. The molecule has 0 fully saturated rings. The highest BCUT2D eigenvalue weighted by Crippen LogP contribution is 2.38. The van der Waals surface area contributed by atoms with E-state index in [4.69, 9.17) is 42.8 Å². The summed E-state index contributed by atoms with van der Waals surface area (Å²) in [6, 6.07) is 22.3. The van der Waals surface area contributed by atoms with E-state index in [1.165, 1.54) is 11.8 Å². The summed E-state index contributed by atoms with van der Waals surface area (Å²) in [5.74, 6) is 1.43. The van der Waals surface area contributed by atoms with Crippen LogP contribution in [0, 0.1) is 0 Å². The van der Waals surface area contributed by atoms with Gasteiger partial charge in [0.15, 0.2) is 0 Å². The third-order valence-corrected chi connectivity index (χ3v) is 7.80. The van der Waals surface area contributed by atoms with E-state index in [1.54, 1.807) is 4.68 Å². The van der Waals surface area contributed by atoms with Crippen molar-refractivity contribution < 1.29 is 14.3 Å². The van der Waals surface area contributed by atoms with Crippen molar-refractivity contribution in [3.05, 3.63) is 111 Å². The number of carbonyl (C=O) groups is 1. The number of hydrogen-bond donors (Lipinski definition) is 1. The summed E-state index contributed by atoms with van der Waals surface area (Å²) < 4.78 is 13.4. The van der Waals surface area contributed by atoms with Gasteiger partial charge in [0, 0.05) is 21.5 Å². The summed E-state index contributed by atoms with van der Waals surface area (Å²) in [5.41, 5.74) is 3.96. The number of aromatic nitrogens is 3. The Hall–Kier alpha value is -3.46. The van der Waals surface area contributed by atoms with E-state index in [-0.39, 0.29) is 0 Å². The molecule has 1 atom stereocenters. The van der Waals surface area contributed by atoms with Crippen LogP contribution >= 0.6 is 35.0 Å². The maximum atomic E-state index is 13.3. The van der Waals surface area contributed by atoms with Gasteiger partial charge >= 0.3 is 5.97 Å². The number of esters is 1. The van der Waals surface area contributed by atoms with E-state index in [9.17, 15) is 4.79 Å². The molecule has 0 amide bonds. The number of ether oxygens (including phenoxy) is 2. The van der Waals surface area contributed by atoms with Gasteiger partial charge < -0.3 is 14.8 Å². The van der Waals surface area contributed by atoms with Gasteiger partial charge in [0.2, 0.25) is 11.1 Å². The van der Waals surface area contributed by atoms with E-state index >= 15 is 0 Å². The number of benzene rings is 3. The fourth-order valence-corrected chi connectivity index (χ4v) is 5.56. The van der Waals surface area contributed by atoms with Gasteiger partial charge in [0.25, 0.3) is 0 Å². The zero-order valence-corrected chi connectivity index (χ0v) is 24.4. The van der Waals surface area contributed by atoms with Gasteiger partial charge in [-0.3, -0.25) is 0 Å². The molecular formula is C30H28Cl2N4O3S. The molecule has 0 saturated heterocycles. The van der Waals surface area contributed by atoms with Crippen LogP contribution in [0.3, 0.4) is 0 Å². The van der Waals surface area contributed by atoms with Crippen molar-refractivity contribution in [3.8, 4) is 5.75 Å². The molecule has 0 bridgehead atoms. The molecule has 10 heteroatoms. The third kappa shape index (κ3) is 6.46. The van der Waals surface area contributed by atoms with Crippen LogP contribution in [-0.2, 0) is 21.9 Å². The topological polar surface area (TPSA) is 78.3 Å². The fraction of sp³-hybridized carbons (Fsp3) is 0.233. The Morgan fingerprint density at radius 2 is 1.88 bits per heavy atom. The van der Waals surface area contributed by atoms with E-state index in [0.717, 1.165) is 23.1 Å². The molecule has 3 aromatic carbocycles. The first kappa shape index (κ1) is 28.1. The van der Waals surface area contributed by atoms with Crippen molar-refractivity contribution in [2.45, 2.75) is 43.8 Å². The lowest BCUT2D eigenvalue weighted by Crippen LogP contribution is -2.29. The van der Waals surface area contributed by atoms with Gasteiger partial charge in [0.05, 0.1) is 12.2 Å². The maximum Gasteiger partial charge on any atom is 0.338 e. The minimum Gasteiger partial charge on any atom is -0.489 e. The molecule has 2 heterocycles. The second-order valence-corrected chi connectivity index (χ2v) is 11.0. The Kier molecular flexibility index (Phi) is 8.99. The minimum absolute atomic E-state index is 0.329. The Morgan fingerprint density at radius 1 is 1.07 bits per heavy atom. The van der Waals surface area contributed by atoms with Crippen molar-refractivity contribution >= 4 is 46.9 Å². The van der Waals surface area contributed by atoms with Crippen LogP contribution < -0.4 is 10.1 Å². The molecule has 1 aromatic heterocycles. The molecule has 40 heavy (non-hydrogen) atoms. The van der Waals surface area contributed by atoms with Crippen LogP contribution in [-0.4, -0.2) is 27.3 Å². The summed E-state index contributed by atoms with van der Waals surface area (Å²) in [6.45, 7) is 4.52. The minimum atomic E-state index is -0.554. The smallest absolute Gasteiger partial charge is 0.338 e. The monoisotopic (exact) mass is 594 g/mol. The van der Waals surface area contributed by atoms with E-state index in [0.29, 0.717) is 57.1 Å². The predicted molar refractivity (Wildman–Crippen MR) is 159 cm³/mol. The van der Waals surface area contributed by atoms with Crippen LogP contribution in [0.5, 0.6) is 5.75 Å². The van der Waals surface area contributed by atoms with Crippen molar-refractivity contribution in [2.24, 2.45) is 0 Å². The van der Waals surface area contributed by atoms with Gasteiger partial charge in [-0.25, -0.2) is 9.48 Å². The molecule has 0 aliphatic carbocycles. The maximum absolute atomic E-state index is 13.3. The summed E-state index contributed by atoms with van der Waals surface area (Å²) >= 11 is 13.8. The van der Waals surface area contributed by atoms with Gasteiger partial charge in [-0.15, -0.1) is 5.10 Å². The molecule has 1 aliphatic rings. The number of nitrogens with one attached hydrogen (secondary N) is 1. The fourth-order valence-electron chi connectivity index (χ4n) is 4.32. The zero-order chi connectivity index (χ0) is 28.1. The molecule has 0 spiro atoms. The Morgan fingerprint density at radius 3 is 2.65 bits per heavy atom. The van der Waals surface area contributed by atoms with Crippen molar-refractivity contribution in [1.29, 1.82) is 0 Å². The summed E-state index contributed by atoms with van der Waals surface area (Å²) in [7, 11) is 0. The highest BCUT2D eigenvalue weighted by Gasteiger charge is 2.35. The van der Waals surface area contributed by atoms with Crippen LogP contribution in [0.25, 0.3) is 0 Å². The Labute approximate surface area is 247 Å². The van der Waals surface area contributed by atoms with E-state index in [2.05, 4.69) is 5.32 Å². The molecular weight excluding hydrogens is 567 g/mol. The highest BCUT2D eigenvalue weighted by atomic mass is 35.5. The number of thioether (sulfide) groups is 1. The van der Waals surface area contributed by atoms with Crippen molar-refractivity contribution in [2.75, 3.05) is 11.9 Å². The lowest BCUT2D eigenvalue weighted by atomic mass is 9.95. The zero-order valence-electron chi connectivity index (χ0n) is 22.1. The first-order chi connectivity index (χ1) is 19.4. The molecule has 1 N–H and O–H groups in total. The van der Waals surface area contributed by atoms with Gasteiger partial charge in [-0.05, 0) is 60.4 Å². The average molecular weight is 596 g/mol. The van der Waals surface area contributed by atoms with Gasteiger partial charge in [-0.2, -0.15) is 4.98 Å². The largest absolute Gasteiger partial charge is 0.489 e. The molecule has 7 nitrogen and oxygen atoms in total. The van der Waals surface area contributed by atoms with Gasteiger partial charge in [0.1, 0.15) is 18.4 Å². The second-order valence-electron chi connectivity index (χ2n) is 9.23. The van der Waals surface area contributed by atoms with Gasteiger partial charge in [-0.1, -0.05) is 84.4 Å². The number of fused-ring (bicyclic) bond motifs is 1. The summed E-state index contributed by atoms with van der Waals surface area (Å²) in [4.78, 5) is 18.0. The first-order valence-electron chi connectivity index (χ1n) is 12.9. The normalized spacial score (nSPS) is 14.4. The van der Waals surface area contributed by atoms with Crippen LogP contribution in [0.2, 0.25) is 10.0 Å². The molecule has 1 aliphatic heterocycles. The summed E-state index contributed by atoms with van der Waals surface area (Å²) in [5, 5.41) is 9.99. The van der Waals surface area contributed by atoms with Crippen molar-refractivity contribution in [1.82, 2.24) is 14.8 Å². The summed E-state index contributed by atoms with van der Waals surface area (Å²) in [6.07, 6.45) is 0.724. The third-order valence-electron chi connectivity index (χ3n) is 6.30. The van der Waals surface area contributed by atoms with Crippen LogP contribution in [0.15, 0.2) is 89.2 Å². The van der Waals surface area contributed by atoms with Crippen LogP contribution in [0.4, 0.5) is 5.95 Å². The van der Waals surface area contributed by atoms with Crippen LogP contribution in [0.1, 0.15) is 43.0 Å². The highest BCUT2D eigenvalue weighted by molar-refractivity contribution is 7.98. The number of rotatable bonds is 10. The quantitative estimate of drug-likeness (QED) is 0.149. The lowest BCUT2D eigenvalue weighted by Gasteiger charge is -2.28. The SMILES string of the molecule is CCCOC(=O)C1=C(C)Nc2nc(SCc3ccccc3Cl)nn2C1c1cccc(OCc2ccc(Cl)cc2)c1. The number of hydrogen-bond acceptors (Lipinski definition) is 7. The second kappa shape index (κ2) is 12.8. The molecule has 0 radical (unpaired) electrons. The molecule has 206 valence electrons. The molecule has 0 saturated carbocycles. The van der Waals surface area contributed by atoms with E-state index < -0.39 is 12.0 Å². The van der Waals surface area contributed by atoms with Crippen molar-refractivity contribution in [3.63, 3.8) is 0 Å². The number of allylic oxidation sites excluding steroid dienone is 1. The molecule has 1 unspecified atom stereocenters. The number of carbonyl (C=O) groups excluding carboxylic acids is 1. The first-order valence-corrected chi connectivity index (χ1v) is 14.6. The standard InChI is InChI=1S/C30H28Cl2N4O3S/c1-3-15-38-28(37)26-19(2)33-29-34-30(40-18-22-7-4-5-10-25(22)32)35-36(29)27(26)21-8-6-9-24(16-21)39-17-20-11-13-23(31)14-12-20/h4-14,16,27H,3,15,17-18H2,1-2H3,(H,33,34,35). The Balaban J connectivity index is 1.45. The predicted octanol–water partition coefficient (Wildman–Crippen LogP) is 7.70. The number of nitrogens with zero attached hydrogens (tertiary/aromatic N) is 3.